The van der Waals surface area contributed by atoms with Crippen molar-refractivity contribution in [2.75, 3.05) is 0 Å². The number of carbonyl (C=O) groups is 1. The average molecular weight is 322 g/mol. The molecule has 2 aromatic rings. The molecule has 2 atom stereocenters. The molecule has 0 unspecified atom stereocenters. The predicted molar refractivity (Wildman–Crippen MR) is 93.4 cm³/mol. The lowest BCUT2D eigenvalue weighted by Gasteiger charge is -2.21. The van der Waals surface area contributed by atoms with Crippen LogP contribution in [0.1, 0.15) is 24.0 Å². The minimum atomic E-state index is -0.595. The molecule has 24 heavy (non-hydrogen) atoms. The van der Waals surface area contributed by atoms with Crippen molar-refractivity contribution in [1.29, 1.82) is 0 Å². The predicted octanol–water partition coefficient (Wildman–Crippen LogP) is 4.08. The summed E-state index contributed by atoms with van der Waals surface area (Å²) in [5, 5.41) is 0. The molecular weight excluding hydrogens is 300 g/mol. The summed E-state index contributed by atoms with van der Waals surface area (Å²) in [5.74, 6) is 0. The third-order valence-corrected chi connectivity index (χ3v) is 3.97. The summed E-state index contributed by atoms with van der Waals surface area (Å²) in [6, 6.07) is 19.8. The molecule has 0 amide bonds. The van der Waals surface area contributed by atoms with Crippen molar-refractivity contribution in [3.8, 4) is 0 Å². The van der Waals surface area contributed by atoms with Crippen LogP contribution in [0.2, 0.25) is 0 Å². The van der Waals surface area contributed by atoms with Crippen LogP contribution in [0.25, 0.3) is 0 Å². The minimum Gasteiger partial charge on any atom is -0.366 e. The Kier molecular flexibility index (Phi) is 5.94. The highest BCUT2D eigenvalue weighted by Crippen LogP contribution is 2.29. The molecule has 0 N–H and O–H groups in total. The van der Waals surface area contributed by atoms with Gasteiger partial charge in [-0.3, -0.25) is 0 Å². The second kappa shape index (κ2) is 8.57. The van der Waals surface area contributed by atoms with Crippen LogP contribution in [0.4, 0.5) is 0 Å². The lowest BCUT2D eigenvalue weighted by atomic mass is 10.1. The molecule has 1 fully saturated rings. The second-order valence-corrected chi connectivity index (χ2v) is 5.98. The van der Waals surface area contributed by atoms with Crippen molar-refractivity contribution < 1.29 is 14.3 Å². The summed E-state index contributed by atoms with van der Waals surface area (Å²) in [6.07, 6.45) is 4.14. The van der Waals surface area contributed by atoms with E-state index in [1.807, 2.05) is 66.7 Å². The van der Waals surface area contributed by atoms with Gasteiger partial charge in [0.05, 0.1) is 13.2 Å². The van der Waals surface area contributed by atoms with Crippen molar-refractivity contribution in [1.82, 2.24) is 0 Å². The van der Waals surface area contributed by atoms with Gasteiger partial charge in [0.2, 0.25) is 0 Å². The highest BCUT2D eigenvalue weighted by atomic mass is 16.5. The minimum absolute atomic E-state index is 0.344. The van der Waals surface area contributed by atoms with Crippen molar-refractivity contribution >= 4 is 6.29 Å². The number of benzene rings is 2. The lowest BCUT2D eigenvalue weighted by molar-refractivity contribution is -0.128. The zero-order chi connectivity index (χ0) is 16.6. The SMILES string of the molecule is O=C[C@H](OCc1ccccc1)[C@H](C=C1CC1)OCc1ccccc1. The van der Waals surface area contributed by atoms with Crippen LogP contribution in [-0.2, 0) is 27.5 Å². The zero-order valence-corrected chi connectivity index (χ0v) is 13.6. The highest BCUT2D eigenvalue weighted by Gasteiger charge is 2.24. The lowest BCUT2D eigenvalue weighted by Crippen LogP contribution is -2.31. The summed E-state index contributed by atoms with van der Waals surface area (Å²) in [5.41, 5.74) is 3.47. The summed E-state index contributed by atoms with van der Waals surface area (Å²) >= 11 is 0. The molecule has 3 rings (SSSR count). The molecule has 0 aliphatic heterocycles. The molecule has 1 aliphatic rings. The standard InChI is InChI=1S/C21H22O3/c22-14-21(24-16-19-9-5-2-6-10-19)20(13-17-11-12-17)23-15-18-7-3-1-4-8-18/h1-10,13-14,20-21H,11-12,15-16H2/t20-,21-/m0/s1. The Morgan fingerprint density at radius 3 is 1.75 bits per heavy atom. The van der Waals surface area contributed by atoms with E-state index in [4.69, 9.17) is 9.47 Å². The first-order chi connectivity index (χ1) is 11.8. The third-order valence-electron chi connectivity index (χ3n) is 3.97. The Morgan fingerprint density at radius 2 is 1.29 bits per heavy atom. The highest BCUT2D eigenvalue weighted by molar-refractivity contribution is 5.58. The molecule has 0 bridgehead atoms. The number of aldehydes is 1. The van der Waals surface area contributed by atoms with Crippen LogP contribution >= 0.6 is 0 Å². The second-order valence-electron chi connectivity index (χ2n) is 5.98. The average Bonchev–Trinajstić information content (AvgIpc) is 3.46. The maximum absolute atomic E-state index is 11.5. The molecule has 0 aromatic heterocycles. The molecule has 1 saturated carbocycles. The van der Waals surface area contributed by atoms with E-state index >= 15 is 0 Å². The fraction of sp³-hybridized carbons (Fsp3) is 0.286. The van der Waals surface area contributed by atoms with E-state index in [0.717, 1.165) is 30.3 Å². The van der Waals surface area contributed by atoms with E-state index in [9.17, 15) is 4.79 Å². The van der Waals surface area contributed by atoms with E-state index in [1.54, 1.807) is 0 Å². The molecule has 0 heterocycles. The van der Waals surface area contributed by atoms with Crippen molar-refractivity contribution in [3.05, 3.63) is 83.4 Å². The van der Waals surface area contributed by atoms with Gasteiger partial charge in [0.1, 0.15) is 12.2 Å². The Labute approximate surface area is 142 Å². The molecule has 3 heteroatoms. The van der Waals surface area contributed by atoms with E-state index in [2.05, 4.69) is 0 Å². The van der Waals surface area contributed by atoms with Gasteiger partial charge in [-0.2, -0.15) is 0 Å². The molecule has 0 radical (unpaired) electrons. The first-order valence-electron chi connectivity index (χ1n) is 8.31. The van der Waals surface area contributed by atoms with Crippen molar-refractivity contribution in [2.24, 2.45) is 0 Å². The molecule has 1 aliphatic carbocycles. The van der Waals surface area contributed by atoms with Gasteiger partial charge in [0.15, 0.2) is 6.29 Å². The van der Waals surface area contributed by atoms with Gasteiger partial charge in [0, 0.05) is 0 Å². The van der Waals surface area contributed by atoms with Crippen LogP contribution in [-0.4, -0.2) is 18.5 Å². The number of rotatable bonds is 9. The third kappa shape index (κ3) is 5.15. The summed E-state index contributed by atoms with van der Waals surface area (Å²) < 4.78 is 11.8. The molecule has 0 saturated heterocycles. The van der Waals surface area contributed by atoms with Crippen LogP contribution in [0.5, 0.6) is 0 Å². The van der Waals surface area contributed by atoms with Gasteiger partial charge in [-0.25, -0.2) is 0 Å². The van der Waals surface area contributed by atoms with Gasteiger partial charge in [-0.1, -0.05) is 72.3 Å². The number of hydrogen-bond acceptors (Lipinski definition) is 3. The number of ether oxygens (including phenoxy) is 2. The number of allylic oxidation sites excluding steroid dienone is 1. The molecular formula is C21H22O3. The summed E-state index contributed by atoms with van der Waals surface area (Å²) in [7, 11) is 0. The van der Waals surface area contributed by atoms with Crippen molar-refractivity contribution in [3.63, 3.8) is 0 Å². The van der Waals surface area contributed by atoms with Crippen LogP contribution in [0.15, 0.2) is 72.3 Å². The summed E-state index contributed by atoms with van der Waals surface area (Å²) in [4.78, 5) is 11.5. The monoisotopic (exact) mass is 322 g/mol. The maximum Gasteiger partial charge on any atom is 0.151 e. The van der Waals surface area contributed by atoms with Gasteiger partial charge in [-0.05, 0) is 24.0 Å². The molecule has 0 spiro atoms. The van der Waals surface area contributed by atoms with E-state index in [0.29, 0.717) is 13.2 Å². The van der Waals surface area contributed by atoms with Gasteiger partial charge in [0.25, 0.3) is 0 Å². The van der Waals surface area contributed by atoms with E-state index < -0.39 is 6.10 Å². The first-order valence-corrected chi connectivity index (χ1v) is 8.31. The zero-order valence-electron chi connectivity index (χ0n) is 13.6. The molecule has 3 nitrogen and oxygen atoms in total. The smallest absolute Gasteiger partial charge is 0.151 e. The topological polar surface area (TPSA) is 35.5 Å². The van der Waals surface area contributed by atoms with E-state index in [1.165, 1.54) is 5.57 Å². The van der Waals surface area contributed by atoms with Crippen LogP contribution in [0.3, 0.4) is 0 Å². The quantitative estimate of drug-likeness (QED) is 0.515. The Hall–Kier alpha value is -2.23. The first kappa shape index (κ1) is 16.6. The van der Waals surface area contributed by atoms with Crippen molar-refractivity contribution in [2.45, 2.75) is 38.3 Å². The Morgan fingerprint density at radius 1 is 0.792 bits per heavy atom. The van der Waals surface area contributed by atoms with Gasteiger partial charge in [-0.15, -0.1) is 0 Å². The number of carbonyl (C=O) groups excluding carboxylic acids is 1. The maximum atomic E-state index is 11.5. The van der Waals surface area contributed by atoms with Crippen LogP contribution < -0.4 is 0 Å². The van der Waals surface area contributed by atoms with Gasteiger partial charge >= 0.3 is 0 Å². The Bertz CT molecular complexity index is 658. The molecule has 124 valence electrons. The Balaban J connectivity index is 1.62. The fourth-order valence-corrected chi connectivity index (χ4v) is 2.45. The fourth-order valence-electron chi connectivity index (χ4n) is 2.45. The molecule has 2 aromatic carbocycles. The van der Waals surface area contributed by atoms with Gasteiger partial charge < -0.3 is 14.3 Å². The number of hydrogen-bond donors (Lipinski definition) is 0. The van der Waals surface area contributed by atoms with E-state index in [-0.39, 0.29) is 6.10 Å². The largest absolute Gasteiger partial charge is 0.366 e. The van der Waals surface area contributed by atoms with Crippen LogP contribution in [0, 0.1) is 0 Å². The summed E-state index contributed by atoms with van der Waals surface area (Å²) in [6.45, 7) is 0.868. The normalized spacial score (nSPS) is 15.6.